The van der Waals surface area contributed by atoms with Gasteiger partial charge in [0.1, 0.15) is 0 Å². The highest BCUT2D eigenvalue weighted by molar-refractivity contribution is 4.90. The maximum absolute atomic E-state index is 2.71. The summed E-state index contributed by atoms with van der Waals surface area (Å²) in [5.41, 5.74) is 0.685. The minimum absolute atomic E-state index is 0.685. The molecule has 0 bridgehead atoms. The molecule has 2 aliphatic rings. The van der Waals surface area contributed by atoms with Crippen LogP contribution in [0.4, 0.5) is 0 Å². The lowest BCUT2D eigenvalue weighted by atomic mass is 9.75. The third-order valence-electron chi connectivity index (χ3n) is 4.56. The van der Waals surface area contributed by atoms with Crippen molar-refractivity contribution in [2.45, 2.75) is 52.4 Å². The monoisotopic (exact) mass is 195 g/mol. The van der Waals surface area contributed by atoms with Crippen LogP contribution in [0.3, 0.4) is 0 Å². The van der Waals surface area contributed by atoms with E-state index in [4.69, 9.17) is 0 Å². The average molecular weight is 195 g/mol. The molecule has 0 radical (unpaired) electrons. The first-order chi connectivity index (χ1) is 6.73. The largest absolute Gasteiger partial charge is 0.303 e. The molecule has 1 saturated carbocycles. The zero-order valence-electron chi connectivity index (χ0n) is 9.89. The second kappa shape index (κ2) is 4.22. The number of nitrogens with zero attached hydrogens (tertiary/aromatic N) is 1. The molecule has 2 rings (SSSR count). The van der Waals surface area contributed by atoms with E-state index in [-0.39, 0.29) is 0 Å². The first-order valence-corrected chi connectivity index (χ1v) is 6.45. The average Bonchev–Trinajstić information content (AvgIpc) is 2.76. The molecule has 1 saturated heterocycles. The number of hydrogen-bond donors (Lipinski definition) is 0. The molecule has 14 heavy (non-hydrogen) atoms. The zero-order valence-corrected chi connectivity index (χ0v) is 9.89. The van der Waals surface area contributed by atoms with Crippen molar-refractivity contribution in [2.75, 3.05) is 19.6 Å². The molecule has 0 aromatic rings. The van der Waals surface area contributed by atoms with Gasteiger partial charge in [-0.1, -0.05) is 26.7 Å². The van der Waals surface area contributed by atoms with Gasteiger partial charge in [-0.15, -0.1) is 0 Å². The molecule has 0 unspecified atom stereocenters. The molecular formula is C13H25N. The number of rotatable bonds is 3. The van der Waals surface area contributed by atoms with Gasteiger partial charge in [0, 0.05) is 6.54 Å². The Morgan fingerprint density at radius 1 is 1.00 bits per heavy atom. The lowest BCUT2D eigenvalue weighted by molar-refractivity contribution is 0.121. The topological polar surface area (TPSA) is 3.24 Å². The van der Waals surface area contributed by atoms with Crippen LogP contribution in [0, 0.1) is 11.3 Å². The van der Waals surface area contributed by atoms with Gasteiger partial charge >= 0.3 is 0 Å². The van der Waals surface area contributed by atoms with Crippen molar-refractivity contribution >= 4 is 0 Å². The van der Waals surface area contributed by atoms with Gasteiger partial charge in [0.05, 0.1) is 0 Å². The Labute approximate surface area is 88.9 Å². The van der Waals surface area contributed by atoms with Gasteiger partial charge in [-0.25, -0.2) is 0 Å². The number of likely N-dealkylation sites (tertiary alicyclic amines) is 1. The van der Waals surface area contributed by atoms with Crippen LogP contribution in [0.15, 0.2) is 0 Å². The SMILES string of the molecule is CC(C)C1(CN2CCCC2)CCCC1. The van der Waals surface area contributed by atoms with E-state index in [9.17, 15) is 0 Å². The molecule has 1 nitrogen and oxygen atoms in total. The summed E-state index contributed by atoms with van der Waals surface area (Å²) in [5, 5.41) is 0. The van der Waals surface area contributed by atoms with Crippen molar-refractivity contribution < 1.29 is 0 Å². The lowest BCUT2D eigenvalue weighted by Gasteiger charge is -2.37. The Hall–Kier alpha value is -0.0400. The van der Waals surface area contributed by atoms with Crippen molar-refractivity contribution in [3.8, 4) is 0 Å². The van der Waals surface area contributed by atoms with Gasteiger partial charge in [0.25, 0.3) is 0 Å². The summed E-state index contributed by atoms with van der Waals surface area (Å²) in [4.78, 5) is 2.71. The predicted octanol–water partition coefficient (Wildman–Crippen LogP) is 3.30. The molecule has 1 aliphatic carbocycles. The van der Waals surface area contributed by atoms with Gasteiger partial charge in [-0.3, -0.25) is 0 Å². The molecule has 2 fully saturated rings. The van der Waals surface area contributed by atoms with E-state index in [1.165, 1.54) is 58.2 Å². The van der Waals surface area contributed by atoms with Crippen LogP contribution in [-0.4, -0.2) is 24.5 Å². The minimum Gasteiger partial charge on any atom is -0.303 e. The quantitative estimate of drug-likeness (QED) is 0.668. The molecule has 1 heterocycles. The Bertz CT molecular complexity index is 174. The molecule has 0 N–H and O–H groups in total. The van der Waals surface area contributed by atoms with E-state index in [0.717, 1.165) is 5.92 Å². The Morgan fingerprint density at radius 2 is 1.57 bits per heavy atom. The molecule has 0 amide bonds. The van der Waals surface area contributed by atoms with Crippen molar-refractivity contribution in [1.82, 2.24) is 4.90 Å². The van der Waals surface area contributed by atoms with Gasteiger partial charge in [0.15, 0.2) is 0 Å². The van der Waals surface area contributed by atoms with E-state index in [1.807, 2.05) is 0 Å². The van der Waals surface area contributed by atoms with E-state index in [1.54, 1.807) is 0 Å². The molecule has 1 aliphatic heterocycles. The van der Waals surface area contributed by atoms with Crippen LogP contribution in [0.2, 0.25) is 0 Å². The number of hydrogen-bond acceptors (Lipinski definition) is 1. The van der Waals surface area contributed by atoms with Crippen molar-refractivity contribution in [3.63, 3.8) is 0 Å². The first-order valence-electron chi connectivity index (χ1n) is 6.45. The lowest BCUT2D eigenvalue weighted by Crippen LogP contribution is -2.38. The van der Waals surface area contributed by atoms with Crippen LogP contribution >= 0.6 is 0 Å². The summed E-state index contributed by atoms with van der Waals surface area (Å²) < 4.78 is 0. The summed E-state index contributed by atoms with van der Waals surface area (Å²) in [6.07, 6.45) is 8.81. The van der Waals surface area contributed by atoms with E-state index in [2.05, 4.69) is 18.7 Å². The van der Waals surface area contributed by atoms with Gasteiger partial charge < -0.3 is 4.90 Å². The second-order valence-electron chi connectivity index (χ2n) is 5.71. The molecule has 0 aromatic heterocycles. The third kappa shape index (κ3) is 1.98. The van der Waals surface area contributed by atoms with Gasteiger partial charge in [-0.05, 0) is 50.1 Å². The highest BCUT2D eigenvalue weighted by Crippen LogP contribution is 2.45. The van der Waals surface area contributed by atoms with Crippen LogP contribution in [0.5, 0.6) is 0 Å². The van der Waals surface area contributed by atoms with E-state index >= 15 is 0 Å². The molecule has 82 valence electrons. The maximum Gasteiger partial charge on any atom is 0.00404 e. The Balaban J connectivity index is 1.96. The fourth-order valence-corrected chi connectivity index (χ4v) is 3.38. The zero-order chi connectivity index (χ0) is 10.0. The van der Waals surface area contributed by atoms with E-state index < -0.39 is 0 Å². The Kier molecular flexibility index (Phi) is 3.16. The summed E-state index contributed by atoms with van der Waals surface area (Å²) in [5.74, 6) is 0.880. The van der Waals surface area contributed by atoms with Crippen molar-refractivity contribution in [1.29, 1.82) is 0 Å². The standard InChI is InChI=1S/C13H25N/c1-12(2)13(7-3-4-8-13)11-14-9-5-6-10-14/h12H,3-11H2,1-2H3. The highest BCUT2D eigenvalue weighted by Gasteiger charge is 2.38. The normalized spacial score (nSPS) is 27.6. The molecule has 0 spiro atoms. The summed E-state index contributed by atoms with van der Waals surface area (Å²) in [6.45, 7) is 9.00. The van der Waals surface area contributed by atoms with Crippen LogP contribution in [-0.2, 0) is 0 Å². The second-order valence-corrected chi connectivity index (χ2v) is 5.71. The smallest absolute Gasteiger partial charge is 0.00404 e. The summed E-state index contributed by atoms with van der Waals surface area (Å²) >= 11 is 0. The molecule has 0 atom stereocenters. The highest BCUT2D eigenvalue weighted by atomic mass is 15.1. The predicted molar refractivity (Wildman–Crippen MR) is 61.4 cm³/mol. The summed E-state index contributed by atoms with van der Waals surface area (Å²) in [6, 6.07) is 0. The van der Waals surface area contributed by atoms with Crippen molar-refractivity contribution in [3.05, 3.63) is 0 Å². The third-order valence-corrected chi connectivity index (χ3v) is 4.56. The molecule has 0 aromatic carbocycles. The van der Waals surface area contributed by atoms with Crippen LogP contribution < -0.4 is 0 Å². The molecule has 1 heteroatoms. The molecular weight excluding hydrogens is 170 g/mol. The van der Waals surface area contributed by atoms with Gasteiger partial charge in [0.2, 0.25) is 0 Å². The van der Waals surface area contributed by atoms with Crippen LogP contribution in [0.1, 0.15) is 52.4 Å². The fourth-order valence-electron chi connectivity index (χ4n) is 3.38. The Morgan fingerprint density at radius 3 is 2.07 bits per heavy atom. The van der Waals surface area contributed by atoms with Crippen molar-refractivity contribution in [2.24, 2.45) is 11.3 Å². The van der Waals surface area contributed by atoms with Crippen LogP contribution in [0.25, 0.3) is 0 Å². The van der Waals surface area contributed by atoms with E-state index in [0.29, 0.717) is 5.41 Å². The first kappa shape index (κ1) is 10.5. The van der Waals surface area contributed by atoms with Gasteiger partial charge in [-0.2, -0.15) is 0 Å². The maximum atomic E-state index is 2.71. The fraction of sp³-hybridized carbons (Fsp3) is 1.00. The summed E-state index contributed by atoms with van der Waals surface area (Å²) in [7, 11) is 0. The minimum atomic E-state index is 0.685.